The number of methoxy groups -OCH3 is 1. The number of benzene rings is 1. The molecule has 1 aromatic carbocycles. The van der Waals surface area contributed by atoms with Gasteiger partial charge in [0.25, 0.3) is 0 Å². The number of ether oxygens (including phenoxy) is 1. The lowest BCUT2D eigenvalue weighted by atomic mass is 9.95. The minimum atomic E-state index is 0. The Morgan fingerprint density at radius 1 is 1.38 bits per heavy atom. The monoisotopic (exact) mass is 312 g/mol. The summed E-state index contributed by atoms with van der Waals surface area (Å²) in [7, 11) is 1.66. The van der Waals surface area contributed by atoms with Gasteiger partial charge in [-0.1, -0.05) is 19.1 Å². The van der Waals surface area contributed by atoms with Gasteiger partial charge in [0.15, 0.2) is 0 Å². The lowest BCUT2D eigenvalue weighted by Crippen LogP contribution is -2.48. The first-order chi connectivity index (χ1) is 9.69. The Morgan fingerprint density at radius 3 is 2.71 bits per heavy atom. The van der Waals surface area contributed by atoms with Crippen LogP contribution in [-0.2, 0) is 11.2 Å². The molecule has 2 unspecified atom stereocenters. The van der Waals surface area contributed by atoms with E-state index in [0.29, 0.717) is 18.4 Å². The number of halogens is 1. The Labute approximate surface area is 133 Å². The van der Waals surface area contributed by atoms with Crippen LogP contribution < -0.4 is 15.4 Å². The third-order valence-corrected chi connectivity index (χ3v) is 3.93. The molecule has 5 heteroatoms. The van der Waals surface area contributed by atoms with Gasteiger partial charge < -0.3 is 15.4 Å². The molecule has 2 rings (SSSR count). The van der Waals surface area contributed by atoms with Crippen molar-refractivity contribution in [1.29, 1.82) is 0 Å². The Hall–Kier alpha value is -1.26. The summed E-state index contributed by atoms with van der Waals surface area (Å²) in [5, 5.41) is 6.50. The largest absolute Gasteiger partial charge is 0.497 e. The lowest BCUT2D eigenvalue weighted by molar-refractivity contribution is -0.122. The molecule has 2 N–H and O–H groups in total. The summed E-state index contributed by atoms with van der Waals surface area (Å²) in [5.41, 5.74) is 1.17. The third-order valence-electron chi connectivity index (χ3n) is 3.93. The van der Waals surface area contributed by atoms with Crippen molar-refractivity contribution < 1.29 is 9.53 Å². The summed E-state index contributed by atoms with van der Waals surface area (Å²) in [4.78, 5) is 12.0. The quantitative estimate of drug-likeness (QED) is 0.876. The third kappa shape index (κ3) is 5.56. The number of piperidine rings is 1. The fraction of sp³-hybridized carbons (Fsp3) is 0.562. The van der Waals surface area contributed by atoms with E-state index < -0.39 is 0 Å². The number of hydrogen-bond donors (Lipinski definition) is 2. The van der Waals surface area contributed by atoms with Crippen molar-refractivity contribution in [2.45, 2.75) is 32.2 Å². The van der Waals surface area contributed by atoms with Crippen molar-refractivity contribution >= 4 is 18.3 Å². The number of hydrogen-bond acceptors (Lipinski definition) is 3. The summed E-state index contributed by atoms with van der Waals surface area (Å²) in [6.07, 6.45) is 2.34. The van der Waals surface area contributed by atoms with Crippen LogP contribution >= 0.6 is 12.4 Å². The molecule has 4 nitrogen and oxygen atoms in total. The van der Waals surface area contributed by atoms with Gasteiger partial charge in [0, 0.05) is 12.5 Å². The van der Waals surface area contributed by atoms with E-state index in [1.807, 2.05) is 24.3 Å². The maximum atomic E-state index is 12.0. The van der Waals surface area contributed by atoms with Gasteiger partial charge in [-0.3, -0.25) is 4.79 Å². The molecule has 21 heavy (non-hydrogen) atoms. The molecular weight excluding hydrogens is 288 g/mol. The standard InChI is InChI=1S/C16H24N2O2.ClH/c1-12-11-17-10-9-15(12)18-16(19)8-5-13-3-6-14(20-2)7-4-13;/h3-4,6-7,12,15,17H,5,8-11H2,1-2H3,(H,18,19);1H. The van der Waals surface area contributed by atoms with Crippen molar-refractivity contribution in [2.75, 3.05) is 20.2 Å². The first-order valence-electron chi connectivity index (χ1n) is 7.32. The van der Waals surface area contributed by atoms with E-state index in [9.17, 15) is 4.79 Å². The number of rotatable bonds is 5. The molecule has 1 heterocycles. The van der Waals surface area contributed by atoms with Crippen LogP contribution in [0.4, 0.5) is 0 Å². The molecule has 0 saturated carbocycles. The van der Waals surface area contributed by atoms with Gasteiger partial charge in [0.05, 0.1) is 7.11 Å². The number of carbonyl (C=O) groups is 1. The number of amides is 1. The Kier molecular flexibility index (Phi) is 7.54. The van der Waals surface area contributed by atoms with E-state index in [4.69, 9.17) is 4.74 Å². The molecule has 1 aromatic rings. The fourth-order valence-electron chi connectivity index (χ4n) is 2.56. The van der Waals surface area contributed by atoms with Crippen LogP contribution in [0.15, 0.2) is 24.3 Å². The molecule has 0 aromatic heterocycles. The maximum absolute atomic E-state index is 12.0. The van der Waals surface area contributed by atoms with Crippen LogP contribution in [0.5, 0.6) is 5.75 Å². The molecule has 0 aliphatic carbocycles. The van der Waals surface area contributed by atoms with Gasteiger partial charge in [-0.25, -0.2) is 0 Å². The number of aryl methyl sites for hydroxylation is 1. The smallest absolute Gasteiger partial charge is 0.220 e. The van der Waals surface area contributed by atoms with E-state index in [2.05, 4.69) is 17.6 Å². The summed E-state index contributed by atoms with van der Waals surface area (Å²) < 4.78 is 5.12. The van der Waals surface area contributed by atoms with Crippen LogP contribution in [0.2, 0.25) is 0 Å². The summed E-state index contributed by atoms with van der Waals surface area (Å²) in [6.45, 7) is 4.16. The maximum Gasteiger partial charge on any atom is 0.220 e. The molecule has 1 aliphatic rings. The van der Waals surface area contributed by atoms with Crippen molar-refractivity contribution in [3.8, 4) is 5.75 Å². The molecule has 0 radical (unpaired) electrons. The van der Waals surface area contributed by atoms with Crippen LogP contribution in [-0.4, -0.2) is 32.1 Å². The van der Waals surface area contributed by atoms with Gasteiger partial charge in [-0.05, 0) is 49.5 Å². The van der Waals surface area contributed by atoms with Crippen LogP contribution in [0.1, 0.15) is 25.3 Å². The van der Waals surface area contributed by atoms with Crippen LogP contribution in [0.3, 0.4) is 0 Å². The fourth-order valence-corrected chi connectivity index (χ4v) is 2.56. The summed E-state index contributed by atoms with van der Waals surface area (Å²) in [5.74, 6) is 1.51. The highest BCUT2D eigenvalue weighted by atomic mass is 35.5. The molecule has 0 spiro atoms. The first-order valence-corrected chi connectivity index (χ1v) is 7.32. The van der Waals surface area contributed by atoms with Crippen LogP contribution in [0, 0.1) is 5.92 Å². The molecule has 1 fully saturated rings. The van der Waals surface area contributed by atoms with Gasteiger partial charge in [0.1, 0.15) is 5.75 Å². The number of carbonyl (C=O) groups excluding carboxylic acids is 1. The predicted molar refractivity (Wildman–Crippen MR) is 87.1 cm³/mol. The minimum Gasteiger partial charge on any atom is -0.497 e. The number of nitrogens with one attached hydrogen (secondary N) is 2. The van der Waals surface area contributed by atoms with E-state index in [1.165, 1.54) is 5.56 Å². The van der Waals surface area contributed by atoms with Gasteiger partial charge in [-0.2, -0.15) is 0 Å². The van der Waals surface area contributed by atoms with E-state index in [1.54, 1.807) is 7.11 Å². The second-order valence-corrected chi connectivity index (χ2v) is 5.49. The Morgan fingerprint density at radius 2 is 2.10 bits per heavy atom. The van der Waals surface area contributed by atoms with Gasteiger partial charge in [0.2, 0.25) is 5.91 Å². The molecular formula is C16H25ClN2O2. The average Bonchev–Trinajstić information content (AvgIpc) is 2.48. The van der Waals surface area contributed by atoms with Crippen molar-refractivity contribution in [2.24, 2.45) is 5.92 Å². The second-order valence-electron chi connectivity index (χ2n) is 5.49. The lowest BCUT2D eigenvalue weighted by Gasteiger charge is -2.30. The molecule has 1 aliphatic heterocycles. The topological polar surface area (TPSA) is 50.4 Å². The van der Waals surface area contributed by atoms with E-state index in [0.717, 1.165) is 31.7 Å². The van der Waals surface area contributed by atoms with E-state index in [-0.39, 0.29) is 18.3 Å². The zero-order valence-corrected chi connectivity index (χ0v) is 13.5. The summed E-state index contributed by atoms with van der Waals surface area (Å²) >= 11 is 0. The Balaban J connectivity index is 0.00000220. The normalized spacial score (nSPS) is 21.2. The molecule has 2 atom stereocenters. The first kappa shape index (κ1) is 17.8. The molecule has 1 amide bonds. The van der Waals surface area contributed by atoms with Crippen molar-refractivity contribution in [3.05, 3.63) is 29.8 Å². The predicted octanol–water partition coefficient (Wildman–Crippen LogP) is 2.16. The van der Waals surface area contributed by atoms with Crippen molar-refractivity contribution in [1.82, 2.24) is 10.6 Å². The highest BCUT2D eigenvalue weighted by Crippen LogP contribution is 2.13. The zero-order valence-electron chi connectivity index (χ0n) is 12.7. The second kappa shape index (κ2) is 8.90. The van der Waals surface area contributed by atoms with Crippen LogP contribution in [0.25, 0.3) is 0 Å². The molecule has 118 valence electrons. The highest BCUT2D eigenvalue weighted by Gasteiger charge is 2.22. The van der Waals surface area contributed by atoms with E-state index >= 15 is 0 Å². The average molecular weight is 313 g/mol. The van der Waals surface area contributed by atoms with Gasteiger partial charge >= 0.3 is 0 Å². The molecule has 0 bridgehead atoms. The minimum absolute atomic E-state index is 0. The molecule has 1 saturated heterocycles. The highest BCUT2D eigenvalue weighted by molar-refractivity contribution is 5.85. The van der Waals surface area contributed by atoms with Crippen molar-refractivity contribution in [3.63, 3.8) is 0 Å². The van der Waals surface area contributed by atoms with Gasteiger partial charge in [-0.15, -0.1) is 12.4 Å². The SMILES string of the molecule is COc1ccc(CCC(=O)NC2CCNCC2C)cc1.Cl. The zero-order chi connectivity index (χ0) is 14.4. The summed E-state index contributed by atoms with van der Waals surface area (Å²) in [6, 6.07) is 8.21. The Bertz CT molecular complexity index is 436.